The number of rotatable bonds is 8. The minimum atomic E-state index is -0.808. The van der Waals surface area contributed by atoms with Crippen molar-refractivity contribution in [3.8, 4) is 17.3 Å². The fourth-order valence-electron chi connectivity index (χ4n) is 2.31. The second-order valence-corrected chi connectivity index (χ2v) is 5.59. The van der Waals surface area contributed by atoms with Crippen molar-refractivity contribution in [3.05, 3.63) is 74.5 Å². The fourth-order valence-corrected chi connectivity index (χ4v) is 2.31. The average Bonchev–Trinajstić information content (AvgIpc) is 3.26. The summed E-state index contributed by atoms with van der Waals surface area (Å²) in [5.74, 6) is 0.0718. The Kier molecular flexibility index (Phi) is 5.73. The van der Waals surface area contributed by atoms with Gasteiger partial charge in [-0.1, -0.05) is 0 Å². The van der Waals surface area contributed by atoms with Crippen LogP contribution in [0.5, 0.6) is 5.88 Å². The van der Waals surface area contributed by atoms with Crippen LogP contribution in [0.4, 0.5) is 11.4 Å². The summed E-state index contributed by atoms with van der Waals surface area (Å²) in [7, 11) is 0. The van der Waals surface area contributed by atoms with E-state index in [0.29, 0.717) is 11.5 Å². The van der Waals surface area contributed by atoms with Crippen LogP contribution < -0.4 is 10.1 Å². The molecule has 1 N–H and O–H groups in total. The SMILES string of the molecule is O=C(NCCOc1ccc(-c2ccco2)nn1)c1cc([N+](=O)[O-])cc([N+](=O)[O-])c1. The number of benzene rings is 1. The zero-order valence-corrected chi connectivity index (χ0v) is 14.7. The van der Waals surface area contributed by atoms with E-state index in [1.54, 1.807) is 24.3 Å². The molecule has 12 nitrogen and oxygen atoms in total. The van der Waals surface area contributed by atoms with Crippen molar-refractivity contribution in [2.75, 3.05) is 13.2 Å². The van der Waals surface area contributed by atoms with Gasteiger partial charge in [-0.15, -0.1) is 10.2 Å². The largest absolute Gasteiger partial charge is 0.475 e. The zero-order valence-electron chi connectivity index (χ0n) is 14.7. The van der Waals surface area contributed by atoms with Gasteiger partial charge < -0.3 is 14.5 Å². The van der Waals surface area contributed by atoms with Crippen molar-refractivity contribution in [2.24, 2.45) is 0 Å². The molecule has 1 amide bonds. The number of nitro groups is 2. The van der Waals surface area contributed by atoms with Crippen molar-refractivity contribution in [3.63, 3.8) is 0 Å². The monoisotopic (exact) mass is 399 g/mol. The molecule has 29 heavy (non-hydrogen) atoms. The molecule has 2 heterocycles. The number of amides is 1. The Labute approximate surface area is 162 Å². The van der Waals surface area contributed by atoms with Gasteiger partial charge in [-0.2, -0.15) is 0 Å². The highest BCUT2D eigenvalue weighted by atomic mass is 16.6. The highest BCUT2D eigenvalue weighted by Crippen LogP contribution is 2.22. The summed E-state index contributed by atoms with van der Waals surface area (Å²) in [6.45, 7) is 0.0779. The van der Waals surface area contributed by atoms with Gasteiger partial charge in [0, 0.05) is 18.2 Å². The molecule has 0 saturated carbocycles. The number of carbonyl (C=O) groups is 1. The van der Waals surface area contributed by atoms with Gasteiger partial charge in [0.15, 0.2) is 5.76 Å². The smallest absolute Gasteiger partial charge is 0.277 e. The van der Waals surface area contributed by atoms with E-state index in [1.807, 2.05) is 0 Å². The molecule has 12 heteroatoms. The van der Waals surface area contributed by atoms with Crippen molar-refractivity contribution in [1.29, 1.82) is 0 Å². The molecule has 0 radical (unpaired) electrons. The minimum absolute atomic E-state index is 0.0386. The molecular formula is C17H13N5O7. The lowest BCUT2D eigenvalue weighted by atomic mass is 10.1. The third-order valence-electron chi connectivity index (χ3n) is 3.64. The average molecular weight is 399 g/mol. The minimum Gasteiger partial charge on any atom is -0.475 e. The summed E-state index contributed by atoms with van der Waals surface area (Å²) in [6.07, 6.45) is 1.51. The van der Waals surface area contributed by atoms with Crippen LogP contribution >= 0.6 is 0 Å². The fraction of sp³-hybridized carbons (Fsp3) is 0.118. The number of nitro benzene ring substituents is 2. The first-order valence-corrected chi connectivity index (χ1v) is 8.16. The normalized spacial score (nSPS) is 10.3. The maximum Gasteiger partial charge on any atom is 0.277 e. The summed E-state index contributed by atoms with van der Waals surface area (Å²) >= 11 is 0. The first kappa shape index (κ1) is 19.4. The zero-order chi connectivity index (χ0) is 20.8. The second kappa shape index (κ2) is 8.56. The maximum atomic E-state index is 12.1. The molecule has 3 aromatic rings. The predicted molar refractivity (Wildman–Crippen MR) is 97.3 cm³/mol. The Hall–Kier alpha value is -4.35. The van der Waals surface area contributed by atoms with E-state index < -0.39 is 27.1 Å². The number of furan rings is 1. The Morgan fingerprint density at radius 2 is 1.79 bits per heavy atom. The quantitative estimate of drug-likeness (QED) is 0.340. The first-order valence-electron chi connectivity index (χ1n) is 8.16. The number of hydrogen-bond donors (Lipinski definition) is 1. The van der Waals surface area contributed by atoms with E-state index in [2.05, 4.69) is 15.5 Å². The van der Waals surface area contributed by atoms with Crippen LogP contribution in [0.1, 0.15) is 10.4 Å². The molecule has 0 bridgehead atoms. The Morgan fingerprint density at radius 3 is 2.34 bits per heavy atom. The van der Waals surface area contributed by atoms with Crippen LogP contribution in [0.2, 0.25) is 0 Å². The van der Waals surface area contributed by atoms with Gasteiger partial charge in [-0.3, -0.25) is 25.0 Å². The van der Waals surface area contributed by atoms with Gasteiger partial charge >= 0.3 is 0 Å². The van der Waals surface area contributed by atoms with E-state index in [0.717, 1.165) is 18.2 Å². The standard InChI is InChI=1S/C17H13N5O7/c23-17(11-8-12(21(24)25)10-13(9-11)22(26)27)18-5-7-29-16-4-3-14(19-20-16)15-2-1-6-28-15/h1-4,6,8-10H,5,7H2,(H,18,23). The van der Waals surface area contributed by atoms with E-state index in [4.69, 9.17) is 9.15 Å². The Morgan fingerprint density at radius 1 is 1.07 bits per heavy atom. The van der Waals surface area contributed by atoms with Crippen LogP contribution in [-0.2, 0) is 0 Å². The maximum absolute atomic E-state index is 12.1. The van der Waals surface area contributed by atoms with E-state index in [1.165, 1.54) is 6.26 Å². The topological polar surface area (TPSA) is 164 Å². The molecule has 0 saturated heterocycles. The summed E-state index contributed by atoms with van der Waals surface area (Å²) in [5.41, 5.74) is -0.767. The van der Waals surface area contributed by atoms with Gasteiger partial charge in [0.1, 0.15) is 12.3 Å². The number of hydrogen-bond acceptors (Lipinski definition) is 9. The number of nitrogens with zero attached hydrogens (tertiary/aromatic N) is 4. The van der Waals surface area contributed by atoms with Gasteiger partial charge in [-0.25, -0.2) is 0 Å². The lowest BCUT2D eigenvalue weighted by molar-refractivity contribution is -0.394. The molecule has 148 valence electrons. The van der Waals surface area contributed by atoms with E-state index >= 15 is 0 Å². The number of ether oxygens (including phenoxy) is 1. The molecule has 0 fully saturated rings. The lowest BCUT2D eigenvalue weighted by Gasteiger charge is -2.07. The van der Waals surface area contributed by atoms with Gasteiger partial charge in [0.25, 0.3) is 17.3 Å². The number of aromatic nitrogens is 2. The van der Waals surface area contributed by atoms with Crippen molar-refractivity contribution in [1.82, 2.24) is 15.5 Å². The summed E-state index contributed by atoms with van der Waals surface area (Å²) < 4.78 is 10.6. The molecule has 0 unspecified atom stereocenters. The highest BCUT2D eigenvalue weighted by Gasteiger charge is 2.19. The first-order chi connectivity index (χ1) is 13.9. The van der Waals surface area contributed by atoms with Crippen LogP contribution in [0.3, 0.4) is 0 Å². The van der Waals surface area contributed by atoms with Crippen molar-refractivity contribution in [2.45, 2.75) is 0 Å². The molecule has 0 spiro atoms. The lowest BCUT2D eigenvalue weighted by Crippen LogP contribution is -2.28. The molecular weight excluding hydrogens is 386 g/mol. The summed E-state index contributed by atoms with van der Waals surface area (Å²) in [6, 6.07) is 9.39. The van der Waals surface area contributed by atoms with Crippen LogP contribution in [-0.4, -0.2) is 39.1 Å². The summed E-state index contributed by atoms with van der Waals surface area (Å²) in [4.78, 5) is 32.3. The van der Waals surface area contributed by atoms with E-state index in [-0.39, 0.29) is 24.6 Å². The Bertz CT molecular complexity index is 1000. The molecule has 0 aliphatic heterocycles. The van der Waals surface area contributed by atoms with E-state index in [9.17, 15) is 25.0 Å². The molecule has 2 aromatic heterocycles. The van der Waals surface area contributed by atoms with Crippen molar-refractivity contribution < 1.29 is 23.8 Å². The molecule has 3 rings (SSSR count). The Balaban J connectivity index is 1.55. The number of carbonyl (C=O) groups excluding carboxylic acids is 1. The number of non-ortho nitro benzene ring substituents is 2. The summed E-state index contributed by atoms with van der Waals surface area (Å²) in [5, 5.41) is 32.0. The molecule has 0 aliphatic carbocycles. The van der Waals surface area contributed by atoms with Crippen molar-refractivity contribution >= 4 is 17.3 Å². The van der Waals surface area contributed by atoms with Gasteiger partial charge in [-0.05, 0) is 18.2 Å². The predicted octanol–water partition coefficient (Wildman–Crippen LogP) is 2.36. The molecule has 0 atom stereocenters. The van der Waals surface area contributed by atoms with Crippen LogP contribution in [0.15, 0.2) is 53.1 Å². The van der Waals surface area contributed by atoms with Crippen LogP contribution in [0.25, 0.3) is 11.5 Å². The van der Waals surface area contributed by atoms with Gasteiger partial charge in [0.05, 0.1) is 34.3 Å². The second-order valence-electron chi connectivity index (χ2n) is 5.59. The van der Waals surface area contributed by atoms with Gasteiger partial charge in [0.2, 0.25) is 5.88 Å². The van der Waals surface area contributed by atoms with Crippen LogP contribution in [0, 0.1) is 20.2 Å². The highest BCUT2D eigenvalue weighted by molar-refractivity contribution is 5.95. The third-order valence-corrected chi connectivity index (χ3v) is 3.64. The molecule has 1 aromatic carbocycles. The molecule has 0 aliphatic rings. The third kappa shape index (κ3) is 4.88. The number of nitrogens with one attached hydrogen (secondary N) is 1.